The van der Waals surface area contributed by atoms with Gasteiger partial charge in [0.1, 0.15) is 0 Å². The lowest BCUT2D eigenvalue weighted by atomic mass is 9.94. The lowest BCUT2D eigenvalue weighted by Gasteiger charge is -2.41. The van der Waals surface area contributed by atoms with Gasteiger partial charge in [0, 0.05) is 32.3 Å². The molecule has 0 aromatic heterocycles. The van der Waals surface area contributed by atoms with Gasteiger partial charge >= 0.3 is 0 Å². The van der Waals surface area contributed by atoms with Crippen LogP contribution < -0.4 is 5.32 Å². The van der Waals surface area contributed by atoms with Crippen molar-refractivity contribution in [3.8, 4) is 0 Å². The topological polar surface area (TPSA) is 24.5 Å². The number of hydrogen-bond donors (Lipinski definition) is 1. The van der Waals surface area contributed by atoms with Crippen LogP contribution in [0.2, 0.25) is 0 Å². The fourth-order valence-electron chi connectivity index (χ4n) is 2.81. The minimum atomic E-state index is 0.414. The van der Waals surface area contributed by atoms with Crippen LogP contribution in [0.3, 0.4) is 0 Å². The van der Waals surface area contributed by atoms with Gasteiger partial charge in [0.05, 0.1) is 6.10 Å². The van der Waals surface area contributed by atoms with Crippen LogP contribution in [-0.2, 0) is 4.74 Å². The zero-order valence-corrected chi connectivity index (χ0v) is 12.9. The highest BCUT2D eigenvalue weighted by atomic mass is 16.5. The number of rotatable bonds is 7. The lowest BCUT2D eigenvalue weighted by molar-refractivity contribution is -0.0203. The summed E-state index contributed by atoms with van der Waals surface area (Å²) < 4.78 is 5.63. The normalized spacial score (nSPS) is 27.7. The molecule has 0 aromatic carbocycles. The third-order valence-corrected chi connectivity index (χ3v) is 4.12. The van der Waals surface area contributed by atoms with Crippen molar-refractivity contribution in [2.24, 2.45) is 5.92 Å². The Hall–Kier alpha value is -0.120. The highest BCUT2D eigenvalue weighted by Gasteiger charge is 2.29. The maximum absolute atomic E-state index is 5.63. The van der Waals surface area contributed by atoms with E-state index < -0.39 is 0 Å². The minimum absolute atomic E-state index is 0.414. The third kappa shape index (κ3) is 4.87. The summed E-state index contributed by atoms with van der Waals surface area (Å²) in [5.41, 5.74) is 0. The summed E-state index contributed by atoms with van der Waals surface area (Å²) in [6.07, 6.45) is 4.22. The van der Waals surface area contributed by atoms with E-state index in [1.165, 1.54) is 25.8 Å². The van der Waals surface area contributed by atoms with Gasteiger partial charge in [-0.3, -0.25) is 4.90 Å². The molecule has 1 aliphatic heterocycles. The maximum Gasteiger partial charge on any atom is 0.0724 e. The first-order chi connectivity index (χ1) is 8.58. The van der Waals surface area contributed by atoms with Crippen LogP contribution in [0.4, 0.5) is 0 Å². The zero-order chi connectivity index (χ0) is 13.5. The molecule has 0 saturated carbocycles. The standard InChI is InChI=1S/C15H32N2O/c1-6-7-14(10-16-12(2)3)17-9-8-13(4)15(11-17)18-5/h12-16H,6-11H2,1-5H3. The summed E-state index contributed by atoms with van der Waals surface area (Å²) in [6, 6.07) is 1.24. The Morgan fingerprint density at radius 1 is 1.39 bits per heavy atom. The summed E-state index contributed by atoms with van der Waals surface area (Å²) in [5.74, 6) is 0.701. The second kappa shape index (κ2) is 8.13. The largest absolute Gasteiger partial charge is 0.380 e. The zero-order valence-electron chi connectivity index (χ0n) is 12.9. The smallest absolute Gasteiger partial charge is 0.0724 e. The van der Waals surface area contributed by atoms with Gasteiger partial charge in [0.2, 0.25) is 0 Å². The summed E-state index contributed by atoms with van der Waals surface area (Å²) in [4.78, 5) is 2.63. The van der Waals surface area contributed by atoms with E-state index >= 15 is 0 Å². The summed E-state index contributed by atoms with van der Waals surface area (Å²) in [5, 5.41) is 3.59. The summed E-state index contributed by atoms with van der Waals surface area (Å²) in [6.45, 7) is 12.5. The molecule has 3 unspecified atom stereocenters. The second-order valence-corrected chi connectivity index (χ2v) is 6.04. The number of nitrogens with one attached hydrogen (secondary N) is 1. The molecule has 0 aliphatic carbocycles. The average molecular weight is 256 g/mol. The van der Waals surface area contributed by atoms with E-state index in [4.69, 9.17) is 4.74 Å². The van der Waals surface area contributed by atoms with Gasteiger partial charge in [0.15, 0.2) is 0 Å². The van der Waals surface area contributed by atoms with E-state index in [2.05, 4.69) is 37.9 Å². The molecule has 3 nitrogen and oxygen atoms in total. The van der Waals surface area contributed by atoms with Crippen LogP contribution in [0, 0.1) is 5.92 Å². The molecule has 18 heavy (non-hydrogen) atoms. The molecule has 1 heterocycles. The number of likely N-dealkylation sites (tertiary alicyclic amines) is 1. The summed E-state index contributed by atoms with van der Waals surface area (Å²) >= 11 is 0. The van der Waals surface area contributed by atoms with Gasteiger partial charge in [-0.05, 0) is 25.3 Å². The van der Waals surface area contributed by atoms with Crippen molar-refractivity contribution in [3.05, 3.63) is 0 Å². The highest BCUT2D eigenvalue weighted by Crippen LogP contribution is 2.22. The molecule has 0 bridgehead atoms. The van der Waals surface area contributed by atoms with Crippen LogP contribution in [0.15, 0.2) is 0 Å². The first-order valence-corrected chi connectivity index (χ1v) is 7.58. The Morgan fingerprint density at radius 2 is 2.11 bits per heavy atom. The Kier molecular flexibility index (Phi) is 7.20. The van der Waals surface area contributed by atoms with Gasteiger partial charge in [-0.25, -0.2) is 0 Å². The SMILES string of the molecule is CCCC(CNC(C)C)N1CCC(C)C(OC)C1. The van der Waals surface area contributed by atoms with Crippen LogP contribution in [0.25, 0.3) is 0 Å². The molecule has 1 N–H and O–H groups in total. The molecule has 0 amide bonds. The molecule has 108 valence electrons. The Bertz CT molecular complexity index is 221. The van der Waals surface area contributed by atoms with Crippen molar-refractivity contribution in [1.29, 1.82) is 0 Å². The third-order valence-electron chi connectivity index (χ3n) is 4.12. The van der Waals surface area contributed by atoms with Gasteiger partial charge in [-0.1, -0.05) is 34.1 Å². The second-order valence-electron chi connectivity index (χ2n) is 6.04. The number of methoxy groups -OCH3 is 1. The first-order valence-electron chi connectivity index (χ1n) is 7.58. The lowest BCUT2D eigenvalue weighted by Crippen LogP contribution is -2.52. The van der Waals surface area contributed by atoms with Crippen LogP contribution in [0.5, 0.6) is 0 Å². The van der Waals surface area contributed by atoms with Crippen molar-refractivity contribution in [2.45, 2.75) is 65.1 Å². The van der Waals surface area contributed by atoms with Crippen molar-refractivity contribution < 1.29 is 4.74 Å². The van der Waals surface area contributed by atoms with Crippen molar-refractivity contribution in [3.63, 3.8) is 0 Å². The number of ether oxygens (including phenoxy) is 1. The Morgan fingerprint density at radius 3 is 2.67 bits per heavy atom. The van der Waals surface area contributed by atoms with Crippen LogP contribution in [-0.4, -0.2) is 49.8 Å². The Balaban J connectivity index is 2.50. The molecule has 0 spiro atoms. The highest BCUT2D eigenvalue weighted by molar-refractivity contribution is 4.84. The van der Waals surface area contributed by atoms with Gasteiger partial charge in [-0.2, -0.15) is 0 Å². The fourth-order valence-corrected chi connectivity index (χ4v) is 2.81. The Labute approximate surface area is 113 Å². The van der Waals surface area contributed by atoms with E-state index in [-0.39, 0.29) is 0 Å². The van der Waals surface area contributed by atoms with E-state index in [1.807, 2.05) is 7.11 Å². The molecule has 1 saturated heterocycles. The van der Waals surface area contributed by atoms with E-state index in [0.29, 0.717) is 24.1 Å². The van der Waals surface area contributed by atoms with Crippen molar-refractivity contribution in [2.75, 3.05) is 26.7 Å². The van der Waals surface area contributed by atoms with Crippen molar-refractivity contribution >= 4 is 0 Å². The number of piperidine rings is 1. The molecule has 0 aromatic rings. The van der Waals surface area contributed by atoms with E-state index in [1.54, 1.807) is 0 Å². The van der Waals surface area contributed by atoms with Gasteiger partial charge in [0.25, 0.3) is 0 Å². The maximum atomic E-state index is 5.63. The molecule has 3 atom stereocenters. The number of hydrogen-bond acceptors (Lipinski definition) is 3. The van der Waals surface area contributed by atoms with E-state index in [9.17, 15) is 0 Å². The first kappa shape index (κ1) is 15.9. The molecular formula is C15H32N2O. The van der Waals surface area contributed by atoms with E-state index in [0.717, 1.165) is 13.1 Å². The molecule has 1 aliphatic rings. The quantitative estimate of drug-likeness (QED) is 0.757. The monoisotopic (exact) mass is 256 g/mol. The minimum Gasteiger partial charge on any atom is -0.380 e. The fraction of sp³-hybridized carbons (Fsp3) is 1.00. The average Bonchev–Trinajstić information content (AvgIpc) is 2.35. The molecule has 0 radical (unpaired) electrons. The molecule has 3 heteroatoms. The van der Waals surface area contributed by atoms with Gasteiger partial charge in [-0.15, -0.1) is 0 Å². The van der Waals surface area contributed by atoms with Gasteiger partial charge < -0.3 is 10.1 Å². The van der Waals surface area contributed by atoms with Crippen LogP contribution in [0.1, 0.15) is 47.0 Å². The molecule has 1 fully saturated rings. The summed E-state index contributed by atoms with van der Waals surface area (Å²) in [7, 11) is 1.85. The predicted molar refractivity (Wildman–Crippen MR) is 78.0 cm³/mol. The predicted octanol–water partition coefficient (Wildman–Crippen LogP) is 2.51. The van der Waals surface area contributed by atoms with Crippen LogP contribution >= 0.6 is 0 Å². The van der Waals surface area contributed by atoms with Crippen molar-refractivity contribution in [1.82, 2.24) is 10.2 Å². The number of nitrogens with zero attached hydrogens (tertiary/aromatic N) is 1. The molecule has 1 rings (SSSR count). The molecular weight excluding hydrogens is 224 g/mol.